The molecule has 23 heavy (non-hydrogen) atoms. The lowest BCUT2D eigenvalue weighted by atomic mass is 10.0. The molecule has 1 aliphatic carbocycles. The van der Waals surface area contributed by atoms with Crippen molar-refractivity contribution in [3.63, 3.8) is 0 Å². The van der Waals surface area contributed by atoms with Gasteiger partial charge in [0.1, 0.15) is 18.0 Å². The van der Waals surface area contributed by atoms with Gasteiger partial charge in [0.05, 0.1) is 0 Å². The number of allylic oxidation sites excluding steroid dienone is 4. The van der Waals surface area contributed by atoms with Gasteiger partial charge >= 0.3 is 0 Å². The van der Waals surface area contributed by atoms with Gasteiger partial charge in [0.25, 0.3) is 0 Å². The van der Waals surface area contributed by atoms with E-state index in [4.69, 9.17) is 10.5 Å². The molecule has 110 valence electrons. The predicted octanol–water partition coefficient (Wildman–Crippen LogP) is 3.68. The zero-order chi connectivity index (χ0) is 16.2. The number of nitriles is 2. The summed E-state index contributed by atoms with van der Waals surface area (Å²) in [7, 11) is 1.73. The van der Waals surface area contributed by atoms with Crippen molar-refractivity contribution in [1.82, 2.24) is 9.55 Å². The fourth-order valence-corrected chi connectivity index (χ4v) is 2.51. The molecule has 0 aliphatic heterocycles. The number of rotatable bonds is 3. The van der Waals surface area contributed by atoms with Gasteiger partial charge in [-0.1, -0.05) is 48.6 Å². The quantitative estimate of drug-likeness (QED) is 0.868. The molecule has 0 atom stereocenters. The van der Waals surface area contributed by atoms with Crippen LogP contribution in [-0.2, 0) is 7.05 Å². The Balaban J connectivity index is 1.82. The van der Waals surface area contributed by atoms with Crippen LogP contribution in [0.5, 0.6) is 0 Å². The van der Waals surface area contributed by atoms with Gasteiger partial charge in [0.2, 0.25) is 0 Å². The molecule has 0 saturated carbocycles. The highest BCUT2D eigenvalue weighted by Crippen LogP contribution is 2.23. The van der Waals surface area contributed by atoms with Crippen LogP contribution in [0.3, 0.4) is 0 Å². The SMILES string of the molecule is Cn1c(/C=C/c2ccc(C3=CC=CC3)cc2)nc(C#N)c1C#N. The van der Waals surface area contributed by atoms with E-state index in [2.05, 4.69) is 35.3 Å². The third-order valence-corrected chi connectivity index (χ3v) is 3.82. The molecule has 0 spiro atoms. The highest BCUT2D eigenvalue weighted by atomic mass is 15.1. The number of benzene rings is 1. The predicted molar refractivity (Wildman–Crippen MR) is 89.7 cm³/mol. The van der Waals surface area contributed by atoms with Crippen molar-refractivity contribution in [2.45, 2.75) is 6.42 Å². The lowest BCUT2D eigenvalue weighted by Gasteiger charge is -2.02. The highest BCUT2D eigenvalue weighted by molar-refractivity contribution is 5.73. The maximum atomic E-state index is 9.07. The van der Waals surface area contributed by atoms with Gasteiger partial charge in [-0.15, -0.1) is 0 Å². The van der Waals surface area contributed by atoms with Crippen molar-refractivity contribution >= 4 is 17.7 Å². The van der Waals surface area contributed by atoms with Crippen molar-refractivity contribution in [2.24, 2.45) is 7.05 Å². The van der Waals surface area contributed by atoms with Gasteiger partial charge in [-0.3, -0.25) is 0 Å². The monoisotopic (exact) mass is 298 g/mol. The minimum absolute atomic E-state index is 0.158. The molecule has 2 aromatic rings. The molecule has 3 rings (SSSR count). The summed E-state index contributed by atoms with van der Waals surface area (Å²) >= 11 is 0. The molecule has 0 unspecified atom stereocenters. The van der Waals surface area contributed by atoms with E-state index in [0.717, 1.165) is 12.0 Å². The normalized spacial score (nSPS) is 13.1. The van der Waals surface area contributed by atoms with E-state index in [1.165, 1.54) is 11.1 Å². The van der Waals surface area contributed by atoms with Crippen molar-refractivity contribution in [2.75, 3.05) is 0 Å². The van der Waals surface area contributed by atoms with Gasteiger partial charge < -0.3 is 4.57 Å². The first kappa shape index (κ1) is 14.6. The first-order valence-electron chi connectivity index (χ1n) is 7.24. The number of nitrogens with zero attached hydrogens (tertiary/aromatic N) is 4. The minimum Gasteiger partial charge on any atom is -0.318 e. The largest absolute Gasteiger partial charge is 0.318 e. The van der Waals surface area contributed by atoms with E-state index in [1.54, 1.807) is 11.6 Å². The van der Waals surface area contributed by atoms with Crippen LogP contribution in [-0.4, -0.2) is 9.55 Å². The zero-order valence-corrected chi connectivity index (χ0v) is 12.7. The van der Waals surface area contributed by atoms with Crippen LogP contribution >= 0.6 is 0 Å². The highest BCUT2D eigenvalue weighted by Gasteiger charge is 2.11. The van der Waals surface area contributed by atoms with Crippen LogP contribution in [0.15, 0.2) is 42.5 Å². The van der Waals surface area contributed by atoms with Crippen molar-refractivity contribution in [1.29, 1.82) is 10.5 Å². The van der Waals surface area contributed by atoms with Gasteiger partial charge in [0.15, 0.2) is 11.4 Å². The molecular weight excluding hydrogens is 284 g/mol. The smallest absolute Gasteiger partial charge is 0.177 e. The molecule has 4 heteroatoms. The van der Waals surface area contributed by atoms with Crippen molar-refractivity contribution in [3.05, 3.63) is 70.8 Å². The summed E-state index contributed by atoms with van der Waals surface area (Å²) in [4.78, 5) is 4.17. The van der Waals surface area contributed by atoms with Crippen molar-refractivity contribution < 1.29 is 0 Å². The lowest BCUT2D eigenvalue weighted by molar-refractivity contribution is 0.882. The average molecular weight is 298 g/mol. The molecule has 0 amide bonds. The maximum Gasteiger partial charge on any atom is 0.177 e. The Morgan fingerprint density at radius 1 is 1.13 bits per heavy atom. The van der Waals surface area contributed by atoms with Gasteiger partial charge in [0, 0.05) is 7.05 Å². The summed E-state index contributed by atoms with van der Waals surface area (Å²) in [6, 6.07) is 12.2. The molecule has 0 N–H and O–H groups in total. The van der Waals surface area contributed by atoms with Gasteiger partial charge in [-0.25, -0.2) is 4.98 Å². The second-order valence-electron chi connectivity index (χ2n) is 5.23. The Labute approximate surface area is 134 Å². The van der Waals surface area contributed by atoms with Crippen LogP contribution in [0.1, 0.15) is 34.8 Å². The molecule has 0 bridgehead atoms. The third kappa shape index (κ3) is 2.84. The average Bonchev–Trinajstić information content (AvgIpc) is 3.21. The van der Waals surface area contributed by atoms with E-state index in [-0.39, 0.29) is 11.4 Å². The molecule has 1 aromatic heterocycles. The Morgan fingerprint density at radius 2 is 1.91 bits per heavy atom. The number of hydrogen-bond acceptors (Lipinski definition) is 3. The second kappa shape index (κ2) is 6.17. The van der Waals surface area contributed by atoms with Crippen LogP contribution < -0.4 is 0 Å². The van der Waals surface area contributed by atoms with E-state index in [9.17, 15) is 0 Å². The summed E-state index contributed by atoms with van der Waals surface area (Å²) in [5.74, 6) is 0.588. The van der Waals surface area contributed by atoms with Crippen LogP contribution in [0, 0.1) is 22.7 Å². The summed E-state index contributed by atoms with van der Waals surface area (Å²) in [5.41, 5.74) is 4.03. The Hall–Kier alpha value is -3.37. The Kier molecular flexibility index (Phi) is 3.91. The summed E-state index contributed by atoms with van der Waals surface area (Å²) in [6.45, 7) is 0. The first-order valence-corrected chi connectivity index (χ1v) is 7.24. The summed E-state index contributed by atoms with van der Waals surface area (Å²) < 4.78 is 1.62. The molecular formula is C19H14N4. The topological polar surface area (TPSA) is 65.4 Å². The van der Waals surface area contributed by atoms with E-state index >= 15 is 0 Å². The molecule has 1 aromatic carbocycles. The fourth-order valence-electron chi connectivity index (χ4n) is 2.51. The second-order valence-corrected chi connectivity index (χ2v) is 5.23. The fraction of sp³-hybridized carbons (Fsp3) is 0.105. The maximum absolute atomic E-state index is 9.07. The first-order chi connectivity index (χ1) is 11.2. The summed E-state index contributed by atoms with van der Waals surface area (Å²) in [6.07, 6.45) is 11.1. The Morgan fingerprint density at radius 3 is 2.48 bits per heavy atom. The molecule has 1 heterocycles. The van der Waals surface area contributed by atoms with Crippen LogP contribution in [0.2, 0.25) is 0 Å². The molecule has 0 fully saturated rings. The van der Waals surface area contributed by atoms with Crippen LogP contribution in [0.4, 0.5) is 0 Å². The third-order valence-electron chi connectivity index (χ3n) is 3.82. The zero-order valence-electron chi connectivity index (χ0n) is 12.7. The molecule has 0 saturated heterocycles. The molecule has 1 aliphatic rings. The standard InChI is InChI=1S/C19H14N4/c1-23-18(13-21)17(12-20)22-19(23)11-8-14-6-9-16(10-7-14)15-4-2-3-5-15/h2-4,6-11H,5H2,1H3/b11-8+. The van der Waals surface area contributed by atoms with E-state index in [1.807, 2.05) is 36.4 Å². The molecule has 4 nitrogen and oxygen atoms in total. The number of hydrogen-bond donors (Lipinski definition) is 0. The van der Waals surface area contributed by atoms with Crippen molar-refractivity contribution in [3.8, 4) is 12.1 Å². The van der Waals surface area contributed by atoms with Crippen LogP contribution in [0.25, 0.3) is 17.7 Å². The Bertz CT molecular complexity index is 910. The van der Waals surface area contributed by atoms with Gasteiger partial charge in [-0.2, -0.15) is 10.5 Å². The minimum atomic E-state index is 0.158. The summed E-state index contributed by atoms with van der Waals surface area (Å²) in [5, 5.41) is 18.1. The van der Waals surface area contributed by atoms with Gasteiger partial charge in [-0.05, 0) is 29.2 Å². The molecule has 0 radical (unpaired) electrons. The lowest BCUT2D eigenvalue weighted by Crippen LogP contribution is -1.95. The van der Waals surface area contributed by atoms with E-state index in [0.29, 0.717) is 5.82 Å². The number of aromatic nitrogens is 2. The number of imidazole rings is 1. The van der Waals surface area contributed by atoms with E-state index < -0.39 is 0 Å².